The van der Waals surface area contributed by atoms with E-state index in [0.29, 0.717) is 11.3 Å². The molecule has 0 saturated carbocycles. The Hall–Kier alpha value is -4.12. The molecular formula is C30H28N2O3. The van der Waals surface area contributed by atoms with Crippen LogP contribution in [0.3, 0.4) is 0 Å². The number of hydrogen-bond acceptors (Lipinski definition) is 3. The van der Waals surface area contributed by atoms with E-state index >= 15 is 0 Å². The second kappa shape index (κ2) is 8.58. The predicted octanol–water partition coefficient (Wildman–Crippen LogP) is 5.98. The summed E-state index contributed by atoms with van der Waals surface area (Å²) in [5, 5.41) is 12.5. The lowest BCUT2D eigenvalue weighted by Crippen LogP contribution is -2.29. The number of amides is 1. The van der Waals surface area contributed by atoms with E-state index in [1.807, 2.05) is 98.4 Å². The summed E-state index contributed by atoms with van der Waals surface area (Å²) < 4.78 is 1.99. The fraction of sp³-hybridized carbons (Fsp3) is 0.200. The molecule has 1 aromatic heterocycles. The van der Waals surface area contributed by atoms with Crippen molar-refractivity contribution < 1.29 is 14.7 Å². The Kier molecular flexibility index (Phi) is 5.56. The van der Waals surface area contributed by atoms with Crippen LogP contribution in [0.5, 0.6) is 0 Å². The van der Waals surface area contributed by atoms with Gasteiger partial charge in [-0.3, -0.25) is 14.5 Å². The molecule has 2 heterocycles. The number of aryl methyl sites for hydroxylation is 4. The molecule has 1 unspecified atom stereocenters. The van der Waals surface area contributed by atoms with E-state index in [1.54, 1.807) is 0 Å². The smallest absolute Gasteiger partial charge is 0.300 e. The van der Waals surface area contributed by atoms with Crippen molar-refractivity contribution >= 4 is 34.0 Å². The molecule has 5 nitrogen and oxygen atoms in total. The number of carbonyl (C=O) groups is 2. The first-order chi connectivity index (χ1) is 16.8. The number of rotatable bonds is 4. The van der Waals surface area contributed by atoms with E-state index in [2.05, 4.69) is 6.92 Å². The molecule has 5 rings (SSSR count). The lowest BCUT2D eigenvalue weighted by molar-refractivity contribution is -0.132. The first-order valence-corrected chi connectivity index (χ1v) is 11.8. The minimum absolute atomic E-state index is 0.111. The standard InChI is InChI=1S/C30H28N2O3/c1-5-20-12-14-21(15-13-20)32-27(24-17-31(4)25-9-7-6-8-22(24)25)26(29(34)30(32)35)28(33)23-16-18(2)10-11-19(23)3/h6-17,27,33H,5H2,1-4H3/b28-26+. The summed E-state index contributed by atoms with van der Waals surface area (Å²) in [7, 11) is 1.94. The van der Waals surface area contributed by atoms with E-state index in [0.717, 1.165) is 39.6 Å². The number of hydrogen-bond donors (Lipinski definition) is 1. The average Bonchev–Trinajstić information content (AvgIpc) is 3.33. The molecule has 5 heteroatoms. The van der Waals surface area contributed by atoms with Gasteiger partial charge in [-0.15, -0.1) is 0 Å². The fourth-order valence-corrected chi connectivity index (χ4v) is 5.01. The molecule has 1 aliphatic rings. The van der Waals surface area contributed by atoms with Crippen molar-refractivity contribution in [3.05, 3.63) is 106 Å². The Balaban J connectivity index is 1.81. The number of anilines is 1. The molecule has 1 aliphatic heterocycles. The van der Waals surface area contributed by atoms with Crippen LogP contribution in [0.25, 0.3) is 16.7 Å². The molecule has 0 spiro atoms. The Morgan fingerprint density at radius 2 is 1.69 bits per heavy atom. The third-order valence-electron chi connectivity index (χ3n) is 6.94. The van der Waals surface area contributed by atoms with E-state index in [-0.39, 0.29) is 11.3 Å². The number of carbonyl (C=O) groups excluding carboxylic acids is 2. The van der Waals surface area contributed by atoms with Crippen molar-refractivity contribution in [1.82, 2.24) is 4.57 Å². The van der Waals surface area contributed by atoms with Gasteiger partial charge in [0.1, 0.15) is 5.76 Å². The summed E-state index contributed by atoms with van der Waals surface area (Å²) >= 11 is 0. The predicted molar refractivity (Wildman–Crippen MR) is 139 cm³/mol. The van der Waals surface area contributed by atoms with Crippen molar-refractivity contribution in [2.75, 3.05) is 4.90 Å². The quantitative estimate of drug-likeness (QED) is 0.229. The molecular weight excluding hydrogens is 436 g/mol. The van der Waals surface area contributed by atoms with Crippen LogP contribution in [0.2, 0.25) is 0 Å². The summed E-state index contributed by atoms with van der Waals surface area (Å²) in [4.78, 5) is 28.6. The number of benzene rings is 3. The number of aromatic nitrogens is 1. The number of ketones is 1. The number of fused-ring (bicyclic) bond motifs is 1. The van der Waals surface area contributed by atoms with E-state index in [4.69, 9.17) is 0 Å². The molecule has 1 amide bonds. The molecule has 0 aliphatic carbocycles. The van der Waals surface area contributed by atoms with Crippen LogP contribution >= 0.6 is 0 Å². The second-order valence-corrected chi connectivity index (χ2v) is 9.22. The van der Waals surface area contributed by atoms with Crippen molar-refractivity contribution in [2.45, 2.75) is 33.2 Å². The summed E-state index contributed by atoms with van der Waals surface area (Å²) in [6.45, 7) is 5.90. The van der Waals surface area contributed by atoms with Crippen molar-refractivity contribution in [3.63, 3.8) is 0 Å². The Morgan fingerprint density at radius 3 is 2.40 bits per heavy atom. The highest BCUT2D eigenvalue weighted by Gasteiger charge is 2.48. The van der Waals surface area contributed by atoms with Gasteiger partial charge in [0, 0.05) is 41.0 Å². The highest BCUT2D eigenvalue weighted by Crippen LogP contribution is 2.45. The monoisotopic (exact) mass is 464 g/mol. The molecule has 1 atom stereocenters. The zero-order chi connectivity index (χ0) is 24.9. The molecule has 1 saturated heterocycles. The molecule has 35 heavy (non-hydrogen) atoms. The third kappa shape index (κ3) is 3.64. The molecule has 3 aromatic carbocycles. The number of Topliss-reactive ketones (excluding diaryl/α,β-unsaturated/α-hetero) is 1. The molecule has 0 bridgehead atoms. The van der Waals surface area contributed by atoms with E-state index in [1.165, 1.54) is 4.90 Å². The minimum Gasteiger partial charge on any atom is -0.507 e. The third-order valence-corrected chi connectivity index (χ3v) is 6.94. The molecule has 1 fully saturated rings. The number of aliphatic hydroxyl groups is 1. The van der Waals surface area contributed by atoms with Crippen LogP contribution in [-0.4, -0.2) is 21.4 Å². The van der Waals surface area contributed by atoms with Gasteiger partial charge in [0.2, 0.25) is 0 Å². The van der Waals surface area contributed by atoms with Crippen LogP contribution in [-0.2, 0) is 23.1 Å². The zero-order valence-corrected chi connectivity index (χ0v) is 20.4. The highest BCUT2D eigenvalue weighted by molar-refractivity contribution is 6.52. The SMILES string of the molecule is CCc1ccc(N2C(=O)C(=O)/C(=C(/O)c3cc(C)ccc3C)C2c2cn(C)c3ccccc23)cc1. The van der Waals surface area contributed by atoms with Crippen LogP contribution in [0, 0.1) is 13.8 Å². The first kappa shape index (κ1) is 22.7. The number of para-hydroxylation sites is 1. The van der Waals surface area contributed by atoms with Crippen molar-refractivity contribution in [2.24, 2.45) is 7.05 Å². The Labute approximate surface area is 204 Å². The maximum absolute atomic E-state index is 13.5. The normalized spacial score (nSPS) is 17.5. The van der Waals surface area contributed by atoms with Crippen LogP contribution < -0.4 is 4.90 Å². The van der Waals surface area contributed by atoms with Crippen LogP contribution in [0.1, 0.15) is 40.8 Å². The highest BCUT2D eigenvalue weighted by atomic mass is 16.3. The summed E-state index contributed by atoms with van der Waals surface area (Å²) in [5.41, 5.74) is 6.03. The minimum atomic E-state index is -0.756. The van der Waals surface area contributed by atoms with Gasteiger partial charge in [-0.25, -0.2) is 0 Å². The van der Waals surface area contributed by atoms with Gasteiger partial charge in [0.15, 0.2) is 0 Å². The summed E-state index contributed by atoms with van der Waals surface area (Å²) in [6, 6.07) is 20.6. The van der Waals surface area contributed by atoms with Gasteiger partial charge < -0.3 is 9.67 Å². The fourth-order valence-electron chi connectivity index (χ4n) is 5.01. The summed E-state index contributed by atoms with van der Waals surface area (Å²) in [5.74, 6) is -1.46. The number of aliphatic hydroxyl groups excluding tert-OH is 1. The van der Waals surface area contributed by atoms with Crippen LogP contribution in [0.15, 0.2) is 78.5 Å². The van der Waals surface area contributed by atoms with Crippen molar-refractivity contribution in [1.29, 1.82) is 0 Å². The lowest BCUT2D eigenvalue weighted by atomic mass is 9.93. The van der Waals surface area contributed by atoms with Gasteiger partial charge in [0.25, 0.3) is 11.7 Å². The maximum atomic E-state index is 13.5. The van der Waals surface area contributed by atoms with Gasteiger partial charge in [-0.05, 0) is 55.7 Å². The van der Waals surface area contributed by atoms with Gasteiger partial charge in [-0.2, -0.15) is 0 Å². The Bertz CT molecular complexity index is 1510. The first-order valence-electron chi connectivity index (χ1n) is 11.8. The average molecular weight is 465 g/mol. The van der Waals surface area contributed by atoms with Gasteiger partial charge in [0.05, 0.1) is 11.6 Å². The van der Waals surface area contributed by atoms with E-state index < -0.39 is 17.7 Å². The summed E-state index contributed by atoms with van der Waals surface area (Å²) in [6.07, 6.45) is 2.82. The van der Waals surface area contributed by atoms with Gasteiger partial charge >= 0.3 is 0 Å². The topological polar surface area (TPSA) is 62.5 Å². The Morgan fingerprint density at radius 1 is 0.971 bits per heavy atom. The van der Waals surface area contributed by atoms with Gasteiger partial charge in [-0.1, -0.05) is 55.0 Å². The van der Waals surface area contributed by atoms with E-state index in [9.17, 15) is 14.7 Å². The van der Waals surface area contributed by atoms with Crippen LogP contribution in [0.4, 0.5) is 5.69 Å². The molecule has 176 valence electrons. The molecule has 1 N–H and O–H groups in total. The molecule has 4 aromatic rings. The number of nitrogens with zero attached hydrogens (tertiary/aromatic N) is 2. The maximum Gasteiger partial charge on any atom is 0.300 e. The lowest BCUT2D eigenvalue weighted by Gasteiger charge is -2.25. The zero-order valence-electron chi connectivity index (χ0n) is 20.4. The van der Waals surface area contributed by atoms with Crippen molar-refractivity contribution in [3.8, 4) is 0 Å². The second-order valence-electron chi connectivity index (χ2n) is 9.22. The largest absolute Gasteiger partial charge is 0.507 e. The molecule has 0 radical (unpaired) electrons.